The second kappa shape index (κ2) is 2.22. The van der Waals surface area contributed by atoms with E-state index in [1.807, 2.05) is 0 Å². The van der Waals surface area contributed by atoms with Crippen LogP contribution in [0.5, 0.6) is 0 Å². The standard InChI is InChI=1S/C6H10S/c1-2-7-5-3-4-6-7/h3-7H,2H2,1H3. The molecule has 1 aliphatic heterocycles. The van der Waals surface area contributed by atoms with Crippen molar-refractivity contribution in [3.05, 3.63) is 23.0 Å². The first-order valence-electron chi connectivity index (χ1n) is 2.54. The molecule has 7 heavy (non-hydrogen) atoms. The van der Waals surface area contributed by atoms with Crippen molar-refractivity contribution in [1.82, 2.24) is 0 Å². The van der Waals surface area contributed by atoms with Gasteiger partial charge in [-0.1, -0.05) is 19.1 Å². The van der Waals surface area contributed by atoms with Gasteiger partial charge in [-0.15, -0.1) is 0 Å². The summed E-state index contributed by atoms with van der Waals surface area (Å²) >= 11 is 0. The van der Waals surface area contributed by atoms with Crippen LogP contribution >= 0.6 is 10.9 Å². The van der Waals surface area contributed by atoms with Crippen LogP contribution in [0.4, 0.5) is 0 Å². The van der Waals surface area contributed by atoms with E-state index >= 15 is 0 Å². The monoisotopic (exact) mass is 114 g/mol. The number of hydrogen-bond donors (Lipinski definition) is 1. The Morgan fingerprint density at radius 2 is 1.86 bits per heavy atom. The second-order valence-corrected chi connectivity index (χ2v) is 3.77. The third kappa shape index (κ3) is 1.10. The molecule has 0 aliphatic carbocycles. The Bertz CT molecular complexity index is 90.7. The molecule has 0 fully saturated rings. The molecular weight excluding hydrogens is 104 g/mol. The van der Waals surface area contributed by atoms with Crippen molar-refractivity contribution in [2.24, 2.45) is 0 Å². The summed E-state index contributed by atoms with van der Waals surface area (Å²) in [5, 5.41) is 4.57. The molecule has 0 aromatic rings. The van der Waals surface area contributed by atoms with E-state index in [2.05, 4.69) is 29.9 Å². The van der Waals surface area contributed by atoms with Gasteiger partial charge in [-0.25, -0.2) is 10.9 Å². The Hall–Kier alpha value is -0.170. The first kappa shape index (κ1) is 4.98. The minimum absolute atomic E-state index is 0.196. The van der Waals surface area contributed by atoms with Crippen LogP contribution in [0.2, 0.25) is 0 Å². The van der Waals surface area contributed by atoms with Crippen LogP contribution in [0, 0.1) is 0 Å². The third-order valence-electron chi connectivity index (χ3n) is 1.03. The first-order valence-corrected chi connectivity index (χ1v) is 4.20. The van der Waals surface area contributed by atoms with Gasteiger partial charge in [-0.3, -0.25) is 0 Å². The zero-order valence-electron chi connectivity index (χ0n) is 4.46. The van der Waals surface area contributed by atoms with E-state index in [9.17, 15) is 0 Å². The van der Waals surface area contributed by atoms with Crippen LogP contribution in [0.15, 0.2) is 23.0 Å². The maximum atomic E-state index is 2.29. The summed E-state index contributed by atoms with van der Waals surface area (Å²) in [6.07, 6.45) is 4.27. The fourth-order valence-electron chi connectivity index (χ4n) is 0.581. The first-order chi connectivity index (χ1) is 3.43. The highest BCUT2D eigenvalue weighted by molar-refractivity contribution is 8.22. The number of hydrogen-bond acceptors (Lipinski definition) is 0. The van der Waals surface area contributed by atoms with Crippen molar-refractivity contribution in [2.75, 3.05) is 5.75 Å². The van der Waals surface area contributed by atoms with Gasteiger partial charge < -0.3 is 0 Å². The molecule has 0 saturated carbocycles. The Morgan fingerprint density at radius 3 is 2.14 bits per heavy atom. The van der Waals surface area contributed by atoms with Crippen LogP contribution in [0.3, 0.4) is 0 Å². The predicted molar refractivity (Wildman–Crippen MR) is 37.8 cm³/mol. The summed E-state index contributed by atoms with van der Waals surface area (Å²) in [7, 11) is 0.196. The fraction of sp³-hybridized carbons (Fsp3) is 0.333. The third-order valence-corrected chi connectivity index (χ3v) is 2.87. The van der Waals surface area contributed by atoms with Gasteiger partial charge in [0.1, 0.15) is 0 Å². The molecular formula is C6H10S. The smallest absolute Gasteiger partial charge is 0.0213 e. The highest BCUT2D eigenvalue weighted by Gasteiger charge is 1.90. The molecule has 0 radical (unpaired) electrons. The fourth-order valence-corrected chi connectivity index (χ4v) is 1.74. The van der Waals surface area contributed by atoms with Crippen LogP contribution in [0.25, 0.3) is 0 Å². The van der Waals surface area contributed by atoms with E-state index < -0.39 is 0 Å². The summed E-state index contributed by atoms with van der Waals surface area (Å²) in [5.74, 6) is 1.31. The van der Waals surface area contributed by atoms with E-state index in [-0.39, 0.29) is 10.9 Å². The molecule has 0 amide bonds. The minimum atomic E-state index is 0.196. The lowest BCUT2D eigenvalue weighted by atomic mass is 10.6. The maximum Gasteiger partial charge on any atom is -0.0213 e. The normalized spacial score (nSPS) is 21.6. The van der Waals surface area contributed by atoms with Gasteiger partial charge >= 0.3 is 0 Å². The van der Waals surface area contributed by atoms with Gasteiger partial charge in [0.15, 0.2) is 0 Å². The molecule has 0 unspecified atom stereocenters. The zero-order valence-corrected chi connectivity index (χ0v) is 5.36. The van der Waals surface area contributed by atoms with Crippen LogP contribution < -0.4 is 0 Å². The van der Waals surface area contributed by atoms with Crippen molar-refractivity contribution >= 4 is 10.9 Å². The summed E-state index contributed by atoms with van der Waals surface area (Å²) in [6.45, 7) is 2.23. The average molecular weight is 114 g/mol. The highest BCUT2D eigenvalue weighted by atomic mass is 32.2. The minimum Gasteiger partial charge on any atom is -0.214 e. The topological polar surface area (TPSA) is 0 Å². The molecule has 0 nitrogen and oxygen atoms in total. The number of thiol groups is 1. The van der Waals surface area contributed by atoms with Crippen LogP contribution in [0.1, 0.15) is 6.92 Å². The predicted octanol–water partition coefficient (Wildman–Crippen LogP) is 2.05. The van der Waals surface area contributed by atoms with E-state index in [1.54, 1.807) is 0 Å². The molecule has 0 N–H and O–H groups in total. The lowest BCUT2D eigenvalue weighted by Crippen LogP contribution is -1.67. The molecule has 40 valence electrons. The SMILES string of the molecule is CC[SH]1C=CC=C1. The van der Waals surface area contributed by atoms with E-state index in [0.29, 0.717) is 0 Å². The average Bonchev–Trinajstić information content (AvgIpc) is 2.14. The van der Waals surface area contributed by atoms with E-state index in [4.69, 9.17) is 0 Å². The zero-order chi connectivity index (χ0) is 5.11. The Balaban J connectivity index is 2.44. The highest BCUT2D eigenvalue weighted by Crippen LogP contribution is 2.31. The molecule has 1 aliphatic rings. The lowest BCUT2D eigenvalue weighted by Gasteiger charge is -2.01. The Labute approximate surface area is 47.3 Å². The molecule has 1 heteroatoms. The van der Waals surface area contributed by atoms with Gasteiger partial charge in [0, 0.05) is 0 Å². The Morgan fingerprint density at radius 1 is 1.29 bits per heavy atom. The van der Waals surface area contributed by atoms with Gasteiger partial charge in [0.2, 0.25) is 0 Å². The molecule has 1 rings (SSSR count). The molecule has 0 saturated heterocycles. The van der Waals surface area contributed by atoms with Gasteiger partial charge in [-0.2, -0.15) is 0 Å². The van der Waals surface area contributed by atoms with E-state index in [0.717, 1.165) is 0 Å². The lowest BCUT2D eigenvalue weighted by molar-refractivity contribution is 1.53. The quantitative estimate of drug-likeness (QED) is 0.495. The number of allylic oxidation sites excluding steroid dienone is 2. The largest absolute Gasteiger partial charge is 0.214 e. The van der Waals surface area contributed by atoms with Gasteiger partial charge in [-0.05, 0) is 16.6 Å². The Kier molecular flexibility index (Phi) is 1.58. The van der Waals surface area contributed by atoms with Gasteiger partial charge in [0.05, 0.1) is 0 Å². The molecule has 1 heterocycles. The molecule has 0 aromatic heterocycles. The summed E-state index contributed by atoms with van der Waals surface area (Å²) in [5.41, 5.74) is 0. The second-order valence-electron chi connectivity index (χ2n) is 1.51. The molecule has 0 bridgehead atoms. The van der Waals surface area contributed by atoms with Crippen molar-refractivity contribution < 1.29 is 0 Å². The summed E-state index contributed by atoms with van der Waals surface area (Å²) < 4.78 is 0. The molecule has 0 aromatic carbocycles. The van der Waals surface area contributed by atoms with Crippen molar-refractivity contribution in [1.29, 1.82) is 0 Å². The van der Waals surface area contributed by atoms with Crippen molar-refractivity contribution in [3.8, 4) is 0 Å². The van der Waals surface area contributed by atoms with Gasteiger partial charge in [0.25, 0.3) is 0 Å². The van der Waals surface area contributed by atoms with Crippen molar-refractivity contribution in [2.45, 2.75) is 6.92 Å². The summed E-state index contributed by atoms with van der Waals surface area (Å²) in [6, 6.07) is 0. The van der Waals surface area contributed by atoms with E-state index in [1.165, 1.54) is 5.75 Å². The number of rotatable bonds is 1. The van der Waals surface area contributed by atoms with Crippen molar-refractivity contribution in [3.63, 3.8) is 0 Å². The maximum absolute atomic E-state index is 2.29. The molecule has 0 spiro atoms. The van der Waals surface area contributed by atoms with Crippen LogP contribution in [-0.4, -0.2) is 5.75 Å². The summed E-state index contributed by atoms with van der Waals surface area (Å²) in [4.78, 5) is 0. The van der Waals surface area contributed by atoms with Crippen LogP contribution in [-0.2, 0) is 0 Å². The molecule has 0 atom stereocenters.